The van der Waals surface area contributed by atoms with E-state index >= 15 is 0 Å². The molecule has 0 aliphatic heterocycles. The highest BCUT2D eigenvalue weighted by Gasteiger charge is 2.22. The van der Waals surface area contributed by atoms with Crippen LogP contribution in [0.5, 0.6) is 0 Å². The molecule has 0 radical (unpaired) electrons. The van der Waals surface area contributed by atoms with Crippen LogP contribution in [0, 0.1) is 11.2 Å². The molecule has 0 fully saturated rings. The molecular weight excluding hydrogens is 245 g/mol. The maximum atomic E-state index is 13.0. The second-order valence-corrected chi connectivity index (χ2v) is 5.32. The first-order valence-electron chi connectivity index (χ1n) is 6.39. The number of nitrogens with one attached hydrogen (secondary N) is 1. The van der Waals surface area contributed by atoms with Gasteiger partial charge in [0.25, 0.3) is 0 Å². The summed E-state index contributed by atoms with van der Waals surface area (Å²) >= 11 is 0. The van der Waals surface area contributed by atoms with E-state index in [4.69, 9.17) is 5.73 Å². The second-order valence-electron chi connectivity index (χ2n) is 5.32. The Morgan fingerprint density at radius 1 is 1.47 bits per heavy atom. The molecule has 1 aromatic rings. The van der Waals surface area contributed by atoms with Crippen LogP contribution in [0.4, 0.5) is 14.9 Å². The van der Waals surface area contributed by atoms with Gasteiger partial charge in [-0.3, -0.25) is 0 Å². The fourth-order valence-corrected chi connectivity index (χ4v) is 1.68. The number of hydrogen-bond donors (Lipinski definition) is 2. The Kier molecular flexibility index (Phi) is 5.30. The van der Waals surface area contributed by atoms with Gasteiger partial charge in [0.2, 0.25) is 0 Å². The number of halogens is 1. The Bertz CT molecular complexity index is 434. The molecule has 0 unspecified atom stereocenters. The zero-order valence-electron chi connectivity index (χ0n) is 11.7. The van der Waals surface area contributed by atoms with E-state index in [1.807, 2.05) is 20.8 Å². The van der Waals surface area contributed by atoms with Crippen molar-refractivity contribution in [3.8, 4) is 0 Å². The third-order valence-electron chi connectivity index (χ3n) is 2.92. The van der Waals surface area contributed by atoms with Gasteiger partial charge in [-0.15, -0.1) is 0 Å². The Balaban J connectivity index is 2.69. The Morgan fingerprint density at radius 3 is 2.68 bits per heavy atom. The Hall–Kier alpha value is -1.62. The number of rotatable bonds is 5. The summed E-state index contributed by atoms with van der Waals surface area (Å²) in [6.07, 6.45) is 0. The van der Waals surface area contributed by atoms with Crippen molar-refractivity contribution in [2.45, 2.75) is 20.8 Å². The largest absolute Gasteiger partial charge is 0.330 e. The normalized spacial score (nSPS) is 11.2. The number of carbonyl (C=O) groups is 1. The standard InChI is InChI=1S/C14H22FN3O/c1-4-18(10-14(2,3)9-16)13(19)17-12-7-5-6-11(15)8-12/h5-8H,4,9-10,16H2,1-3H3,(H,17,19). The first-order chi connectivity index (χ1) is 8.88. The number of benzene rings is 1. The average Bonchev–Trinajstić information content (AvgIpc) is 2.36. The molecule has 0 heterocycles. The molecular formula is C14H22FN3O. The molecule has 0 atom stereocenters. The maximum Gasteiger partial charge on any atom is 0.321 e. The topological polar surface area (TPSA) is 58.4 Å². The highest BCUT2D eigenvalue weighted by Crippen LogP contribution is 2.16. The van der Waals surface area contributed by atoms with Crippen molar-refractivity contribution in [2.24, 2.45) is 11.1 Å². The molecule has 0 bridgehead atoms. The summed E-state index contributed by atoms with van der Waals surface area (Å²) in [5, 5.41) is 2.69. The van der Waals surface area contributed by atoms with Crippen molar-refractivity contribution in [2.75, 3.05) is 25.0 Å². The third kappa shape index (κ3) is 4.87. The van der Waals surface area contributed by atoms with Crippen molar-refractivity contribution in [3.05, 3.63) is 30.1 Å². The van der Waals surface area contributed by atoms with Gasteiger partial charge in [0, 0.05) is 18.8 Å². The van der Waals surface area contributed by atoms with E-state index in [0.717, 1.165) is 0 Å². The number of urea groups is 1. The number of amides is 2. The van der Waals surface area contributed by atoms with E-state index in [2.05, 4.69) is 5.32 Å². The van der Waals surface area contributed by atoms with Crippen LogP contribution < -0.4 is 11.1 Å². The molecule has 0 aromatic heterocycles. The summed E-state index contributed by atoms with van der Waals surface area (Å²) in [6, 6.07) is 5.60. The molecule has 0 spiro atoms. The van der Waals surface area contributed by atoms with Crippen LogP contribution in [0.2, 0.25) is 0 Å². The SMILES string of the molecule is CCN(CC(C)(C)CN)C(=O)Nc1cccc(F)c1. The fraction of sp³-hybridized carbons (Fsp3) is 0.500. The summed E-state index contributed by atoms with van der Waals surface area (Å²) in [5.74, 6) is -0.372. The van der Waals surface area contributed by atoms with E-state index in [1.165, 1.54) is 12.1 Å². The first-order valence-corrected chi connectivity index (χ1v) is 6.39. The molecule has 106 valence electrons. The zero-order chi connectivity index (χ0) is 14.5. The van der Waals surface area contributed by atoms with Crippen LogP contribution in [-0.2, 0) is 0 Å². The number of nitrogens with two attached hydrogens (primary N) is 1. The first kappa shape index (κ1) is 15.4. The lowest BCUT2D eigenvalue weighted by Gasteiger charge is -2.31. The molecule has 3 N–H and O–H groups in total. The summed E-state index contributed by atoms with van der Waals surface area (Å²) in [6.45, 7) is 7.54. The van der Waals surface area contributed by atoms with Gasteiger partial charge in [0.05, 0.1) is 0 Å². The molecule has 1 aromatic carbocycles. The maximum absolute atomic E-state index is 13.0. The smallest absolute Gasteiger partial charge is 0.321 e. The second kappa shape index (κ2) is 6.52. The van der Waals surface area contributed by atoms with E-state index in [-0.39, 0.29) is 17.3 Å². The minimum absolute atomic E-state index is 0.144. The number of nitrogens with zero attached hydrogens (tertiary/aromatic N) is 1. The van der Waals surface area contributed by atoms with Crippen molar-refractivity contribution < 1.29 is 9.18 Å². The molecule has 2 amide bonds. The minimum Gasteiger partial charge on any atom is -0.330 e. The van der Waals surface area contributed by atoms with E-state index < -0.39 is 0 Å². The minimum atomic E-state index is -0.372. The summed E-state index contributed by atoms with van der Waals surface area (Å²) in [5.41, 5.74) is 5.98. The highest BCUT2D eigenvalue weighted by molar-refractivity contribution is 5.89. The Labute approximate surface area is 113 Å². The molecule has 0 saturated heterocycles. The van der Waals surface area contributed by atoms with Gasteiger partial charge in [-0.2, -0.15) is 0 Å². The van der Waals surface area contributed by atoms with Gasteiger partial charge in [0.15, 0.2) is 0 Å². The number of carbonyl (C=O) groups excluding carboxylic acids is 1. The van der Waals surface area contributed by atoms with Gasteiger partial charge in [0.1, 0.15) is 5.82 Å². The van der Waals surface area contributed by atoms with Crippen LogP contribution in [0.3, 0.4) is 0 Å². The van der Waals surface area contributed by atoms with Crippen LogP contribution in [-0.4, -0.2) is 30.6 Å². The summed E-state index contributed by atoms with van der Waals surface area (Å²) in [7, 11) is 0. The van der Waals surface area contributed by atoms with Gasteiger partial charge in [-0.05, 0) is 37.1 Å². The number of hydrogen-bond acceptors (Lipinski definition) is 2. The zero-order valence-corrected chi connectivity index (χ0v) is 11.7. The van der Waals surface area contributed by atoms with E-state index in [9.17, 15) is 9.18 Å². The lowest BCUT2D eigenvalue weighted by molar-refractivity contribution is 0.185. The van der Waals surface area contributed by atoms with Crippen LogP contribution >= 0.6 is 0 Å². The van der Waals surface area contributed by atoms with Crippen molar-refractivity contribution in [1.29, 1.82) is 0 Å². The third-order valence-corrected chi connectivity index (χ3v) is 2.92. The van der Waals surface area contributed by atoms with Gasteiger partial charge < -0.3 is 16.0 Å². The van der Waals surface area contributed by atoms with Gasteiger partial charge in [-0.25, -0.2) is 9.18 Å². The van der Waals surface area contributed by atoms with Crippen molar-refractivity contribution >= 4 is 11.7 Å². The molecule has 19 heavy (non-hydrogen) atoms. The lowest BCUT2D eigenvalue weighted by atomic mass is 9.93. The van der Waals surface area contributed by atoms with Crippen molar-refractivity contribution in [3.63, 3.8) is 0 Å². The van der Waals surface area contributed by atoms with Gasteiger partial charge in [-0.1, -0.05) is 19.9 Å². The van der Waals surface area contributed by atoms with E-state index in [0.29, 0.717) is 25.3 Å². The quantitative estimate of drug-likeness (QED) is 0.861. The summed E-state index contributed by atoms with van der Waals surface area (Å²) in [4.78, 5) is 13.8. The van der Waals surface area contributed by atoms with E-state index in [1.54, 1.807) is 17.0 Å². The summed E-state index contributed by atoms with van der Waals surface area (Å²) < 4.78 is 13.0. The van der Waals surface area contributed by atoms with Crippen molar-refractivity contribution in [1.82, 2.24) is 4.90 Å². The molecule has 1 rings (SSSR count). The average molecular weight is 267 g/mol. The van der Waals surface area contributed by atoms with Crippen LogP contribution in [0.1, 0.15) is 20.8 Å². The van der Waals surface area contributed by atoms with Gasteiger partial charge >= 0.3 is 6.03 Å². The number of anilines is 1. The van der Waals surface area contributed by atoms with Crippen LogP contribution in [0.25, 0.3) is 0 Å². The van der Waals surface area contributed by atoms with Crippen LogP contribution in [0.15, 0.2) is 24.3 Å². The lowest BCUT2D eigenvalue weighted by Crippen LogP contribution is -2.43. The predicted molar refractivity (Wildman–Crippen MR) is 75.5 cm³/mol. The molecule has 4 nitrogen and oxygen atoms in total. The predicted octanol–water partition coefficient (Wildman–Crippen LogP) is 2.66. The highest BCUT2D eigenvalue weighted by atomic mass is 19.1. The molecule has 0 aliphatic carbocycles. The Morgan fingerprint density at radius 2 is 2.16 bits per heavy atom. The monoisotopic (exact) mass is 267 g/mol. The molecule has 5 heteroatoms. The fourth-order valence-electron chi connectivity index (χ4n) is 1.68. The molecule has 0 saturated carbocycles. The molecule has 0 aliphatic rings.